The van der Waals surface area contributed by atoms with E-state index in [0.717, 1.165) is 67.6 Å². The largest absolute Gasteiger partial charge is 0.465 e. The Bertz CT molecular complexity index is 1850. The summed E-state index contributed by atoms with van der Waals surface area (Å²) >= 11 is 0. The summed E-state index contributed by atoms with van der Waals surface area (Å²) in [4.78, 5) is 81.2. The first-order valence-corrected chi connectivity index (χ1v) is 25.0. The normalized spacial score (nSPS) is 44.8. The average Bonchev–Trinajstić information content (AvgIpc) is 4.09. The van der Waals surface area contributed by atoms with Crippen molar-refractivity contribution in [1.82, 2.24) is 0 Å². The van der Waals surface area contributed by atoms with Crippen LogP contribution in [-0.2, 0) is 62.0 Å². The predicted octanol–water partition coefficient (Wildman–Crippen LogP) is 7.53. The van der Waals surface area contributed by atoms with Gasteiger partial charge >= 0.3 is 41.8 Å². The first kappa shape index (κ1) is 47.0. The van der Waals surface area contributed by atoms with Gasteiger partial charge in [-0.3, -0.25) is 33.6 Å². The molecule has 3 heterocycles. The summed E-state index contributed by atoms with van der Waals surface area (Å²) in [6.07, 6.45) is 11.4. The maximum absolute atomic E-state index is 12.0. The third kappa shape index (κ3) is 8.42. The second-order valence-electron chi connectivity index (χ2n) is 22.9. The zero-order chi connectivity index (χ0) is 46.3. The minimum Gasteiger partial charge on any atom is -0.465 e. The molecule has 11 rings (SSSR count). The molecule has 0 aromatic carbocycles. The van der Waals surface area contributed by atoms with Gasteiger partial charge in [-0.15, -0.1) is 0 Å². The quantitative estimate of drug-likeness (QED) is 0.106. The van der Waals surface area contributed by atoms with Crippen LogP contribution in [0.4, 0.5) is 0 Å². The molecule has 356 valence electrons. The zero-order valence-corrected chi connectivity index (χ0v) is 39.8. The topological polar surface area (TPSA) is 175 Å². The number of carbonyl (C=O) groups excluding carboxylic acids is 7. The van der Waals surface area contributed by atoms with Gasteiger partial charge in [-0.25, -0.2) is 0 Å². The van der Waals surface area contributed by atoms with E-state index in [9.17, 15) is 33.6 Å². The maximum Gasteiger partial charge on any atom is 0.317 e. The highest BCUT2D eigenvalue weighted by atomic mass is 16.6. The van der Waals surface area contributed by atoms with Crippen LogP contribution in [0.2, 0.25) is 0 Å². The summed E-state index contributed by atoms with van der Waals surface area (Å²) in [6, 6.07) is 0. The van der Waals surface area contributed by atoms with Crippen LogP contribution in [0.1, 0.15) is 133 Å². The summed E-state index contributed by atoms with van der Waals surface area (Å²) < 4.78 is 31.6. The van der Waals surface area contributed by atoms with Crippen molar-refractivity contribution < 1.29 is 62.0 Å². The molecule has 0 N–H and O–H groups in total. The fourth-order valence-corrected chi connectivity index (χ4v) is 15.4. The zero-order valence-electron chi connectivity index (χ0n) is 39.8. The van der Waals surface area contributed by atoms with Crippen LogP contribution in [-0.4, -0.2) is 72.3 Å². The van der Waals surface area contributed by atoms with Gasteiger partial charge in [0.25, 0.3) is 0 Å². The molecular formula is C51H74O13. The van der Waals surface area contributed by atoms with Crippen LogP contribution in [0.3, 0.4) is 0 Å². The van der Waals surface area contributed by atoms with Gasteiger partial charge in [-0.1, -0.05) is 41.5 Å². The van der Waals surface area contributed by atoms with Gasteiger partial charge in [-0.2, -0.15) is 0 Å². The van der Waals surface area contributed by atoms with Crippen molar-refractivity contribution in [2.45, 2.75) is 157 Å². The van der Waals surface area contributed by atoms with E-state index in [-0.39, 0.29) is 101 Å². The minimum absolute atomic E-state index is 0.0553. The summed E-state index contributed by atoms with van der Waals surface area (Å²) in [7, 11) is 0. The van der Waals surface area contributed by atoms with Crippen LogP contribution < -0.4 is 0 Å². The van der Waals surface area contributed by atoms with Gasteiger partial charge < -0.3 is 28.4 Å². The van der Waals surface area contributed by atoms with Crippen molar-refractivity contribution in [1.29, 1.82) is 0 Å². The molecule has 0 amide bonds. The van der Waals surface area contributed by atoms with Crippen molar-refractivity contribution >= 4 is 41.8 Å². The lowest BCUT2D eigenvalue weighted by atomic mass is 9.64. The highest BCUT2D eigenvalue weighted by molar-refractivity contribution is 5.96. The highest BCUT2D eigenvalue weighted by Crippen LogP contribution is 2.68. The van der Waals surface area contributed by atoms with Crippen LogP contribution >= 0.6 is 0 Å². The van der Waals surface area contributed by atoms with Gasteiger partial charge in [0.15, 0.2) is 0 Å². The van der Waals surface area contributed by atoms with Crippen LogP contribution in [0, 0.1) is 112 Å². The number of carbonyl (C=O) groups is 7. The van der Waals surface area contributed by atoms with Crippen LogP contribution in [0.15, 0.2) is 0 Å². The summed E-state index contributed by atoms with van der Waals surface area (Å²) in [5, 5.41) is 0. The standard InChI is InChI=1S/C17H26O2.C15H18O5.C13H18O4.C6H12O2/c1-3-9(2)17(18)19-14-8-12-7-13(14)16-11-5-4-10(6-11)15(12)16;1-5-7-3-8(12-9(7)4-19-14(12)17)10(5)11-6(2)13(16)20-15(11)18;1-3-6(2)12(14)16-10-7-4-8-9(5-7)13(15)17-11(8)10;1-5(7)8-6(2,3)4/h9-16H,3-8H2,1-2H3;5-12H,3-4H2,1-2H3;6-11H,3-5H2,1-2H3;1-4H3. The molecule has 11 aliphatic rings. The highest BCUT2D eigenvalue weighted by Gasteiger charge is 2.67. The molecule has 11 fully saturated rings. The van der Waals surface area contributed by atoms with Crippen LogP contribution in [0.5, 0.6) is 0 Å². The van der Waals surface area contributed by atoms with Crippen molar-refractivity contribution in [3.8, 4) is 0 Å². The van der Waals surface area contributed by atoms with Gasteiger partial charge in [0, 0.05) is 24.7 Å². The first-order chi connectivity index (χ1) is 30.2. The van der Waals surface area contributed by atoms with Crippen molar-refractivity contribution in [3.05, 3.63) is 0 Å². The molecule has 0 spiro atoms. The molecule has 13 heteroatoms. The van der Waals surface area contributed by atoms with E-state index in [1.165, 1.54) is 39.0 Å². The molecule has 13 nitrogen and oxygen atoms in total. The molecule has 3 saturated heterocycles. The Kier molecular flexibility index (Phi) is 13.2. The molecule has 22 unspecified atom stereocenters. The Hall–Kier alpha value is -3.51. The second-order valence-corrected chi connectivity index (χ2v) is 22.9. The molecule has 0 aromatic heterocycles. The number of rotatable bonds is 7. The van der Waals surface area contributed by atoms with Crippen molar-refractivity contribution in [2.24, 2.45) is 112 Å². The fourth-order valence-electron chi connectivity index (χ4n) is 15.4. The molecule has 8 aliphatic carbocycles. The molecule has 0 aromatic rings. The average molecular weight is 895 g/mol. The molecule has 3 aliphatic heterocycles. The smallest absolute Gasteiger partial charge is 0.317 e. The fraction of sp³-hybridized carbons (Fsp3) is 0.863. The van der Waals surface area contributed by atoms with E-state index >= 15 is 0 Å². The Labute approximate surface area is 379 Å². The molecule has 22 atom stereocenters. The lowest BCUT2D eigenvalue weighted by Gasteiger charge is -2.38. The Morgan fingerprint density at radius 1 is 0.656 bits per heavy atom. The third-order valence-electron chi connectivity index (χ3n) is 18.4. The summed E-state index contributed by atoms with van der Waals surface area (Å²) in [5.74, 6) is 5.56. The van der Waals surface area contributed by atoms with E-state index in [1.54, 1.807) is 6.92 Å². The van der Waals surface area contributed by atoms with E-state index in [0.29, 0.717) is 36.2 Å². The van der Waals surface area contributed by atoms with E-state index in [2.05, 4.69) is 13.8 Å². The van der Waals surface area contributed by atoms with E-state index in [1.807, 2.05) is 41.5 Å². The number of fused-ring (bicyclic) bond motifs is 15. The Morgan fingerprint density at radius 2 is 1.30 bits per heavy atom. The maximum atomic E-state index is 12.0. The summed E-state index contributed by atoms with van der Waals surface area (Å²) in [6.45, 7) is 19.3. The van der Waals surface area contributed by atoms with E-state index in [4.69, 9.17) is 28.4 Å². The third-order valence-corrected chi connectivity index (χ3v) is 18.4. The van der Waals surface area contributed by atoms with Gasteiger partial charge in [0.1, 0.15) is 23.9 Å². The van der Waals surface area contributed by atoms with Gasteiger partial charge in [-0.05, 0) is 144 Å². The monoisotopic (exact) mass is 895 g/mol. The minimum atomic E-state index is -0.416. The number of hydrogen-bond acceptors (Lipinski definition) is 13. The van der Waals surface area contributed by atoms with Gasteiger partial charge in [0.2, 0.25) is 0 Å². The Morgan fingerprint density at radius 3 is 1.89 bits per heavy atom. The summed E-state index contributed by atoms with van der Waals surface area (Å²) in [5.41, 5.74) is -0.328. The number of esters is 7. The molecule has 8 saturated carbocycles. The van der Waals surface area contributed by atoms with Crippen molar-refractivity contribution in [3.63, 3.8) is 0 Å². The SMILES string of the molecule is CC(=O)OC(C)(C)C.CC1C(=O)OC(=O)C1C1C(C)C2CC1C1C(=O)OCC21.CCC(C)C(=O)OC1C2CC3C(=O)OC1C3C2.CCC(C)C(=O)OC1CC2CC1C1C3CCC(C3)C21. The predicted molar refractivity (Wildman–Crippen MR) is 230 cm³/mol. The first-order valence-electron chi connectivity index (χ1n) is 25.0. The second kappa shape index (κ2) is 17.9. The van der Waals surface area contributed by atoms with E-state index < -0.39 is 11.9 Å². The molecule has 64 heavy (non-hydrogen) atoms. The van der Waals surface area contributed by atoms with Crippen LogP contribution in [0.25, 0.3) is 0 Å². The number of hydrogen-bond donors (Lipinski definition) is 0. The number of ether oxygens (including phenoxy) is 6. The Balaban J connectivity index is 0.000000122. The van der Waals surface area contributed by atoms with Gasteiger partial charge in [0.05, 0.1) is 42.1 Å². The van der Waals surface area contributed by atoms with Crippen molar-refractivity contribution in [2.75, 3.05) is 6.61 Å². The lowest BCUT2D eigenvalue weighted by molar-refractivity contribution is -0.165. The number of cyclic esters (lactones) is 3. The molecule has 0 radical (unpaired) electrons. The lowest BCUT2D eigenvalue weighted by Crippen LogP contribution is -2.41. The molecule has 8 bridgehead atoms. The molecular weight excluding hydrogens is 821 g/mol.